The van der Waals surface area contributed by atoms with Crippen LogP contribution in [0.15, 0.2) is 4.79 Å². The maximum Gasteiger partial charge on any atom is 0.259 e. The van der Waals surface area contributed by atoms with Crippen LogP contribution in [0, 0.1) is 13.8 Å². The van der Waals surface area contributed by atoms with E-state index in [2.05, 4.69) is 9.97 Å². The van der Waals surface area contributed by atoms with Crippen molar-refractivity contribution in [2.24, 2.45) is 5.73 Å². The predicted octanol–water partition coefficient (Wildman–Crippen LogP) is 1.52. The molecule has 1 aliphatic heterocycles. The molecular weight excluding hydrogens is 336 g/mol. The van der Waals surface area contributed by atoms with Crippen molar-refractivity contribution >= 4 is 39.9 Å². The van der Waals surface area contributed by atoms with Crippen molar-refractivity contribution in [2.75, 3.05) is 13.1 Å². The maximum absolute atomic E-state index is 12.2. The fourth-order valence-corrected chi connectivity index (χ4v) is 3.86. The molecule has 1 atom stereocenters. The highest BCUT2D eigenvalue weighted by Crippen LogP contribution is 2.25. The summed E-state index contributed by atoms with van der Waals surface area (Å²) in [5.41, 5.74) is 6.69. The number of aromatic amines is 1. The summed E-state index contributed by atoms with van der Waals surface area (Å²) in [6.07, 6.45) is 1.66. The number of amides is 1. The van der Waals surface area contributed by atoms with E-state index in [-0.39, 0.29) is 29.9 Å². The summed E-state index contributed by atoms with van der Waals surface area (Å²) in [5, 5.41) is 0.670. The van der Waals surface area contributed by atoms with Gasteiger partial charge in [-0.15, -0.1) is 23.7 Å². The third kappa shape index (κ3) is 3.57. The van der Waals surface area contributed by atoms with Gasteiger partial charge in [-0.05, 0) is 25.8 Å². The molecule has 8 heteroatoms. The Morgan fingerprint density at radius 2 is 2.22 bits per heavy atom. The number of hydrogen-bond acceptors (Lipinski definition) is 5. The van der Waals surface area contributed by atoms with Crippen molar-refractivity contribution in [1.82, 2.24) is 14.9 Å². The fraction of sp³-hybridized carbons (Fsp3) is 0.533. The van der Waals surface area contributed by atoms with Crippen LogP contribution in [0.25, 0.3) is 10.2 Å². The van der Waals surface area contributed by atoms with Gasteiger partial charge in [0, 0.05) is 36.9 Å². The first-order valence-corrected chi connectivity index (χ1v) is 8.29. The van der Waals surface area contributed by atoms with Gasteiger partial charge in [0.05, 0.1) is 5.39 Å². The molecule has 0 saturated carbocycles. The van der Waals surface area contributed by atoms with Crippen molar-refractivity contribution in [3.8, 4) is 0 Å². The van der Waals surface area contributed by atoms with Gasteiger partial charge < -0.3 is 15.6 Å². The molecule has 0 aromatic carbocycles. The van der Waals surface area contributed by atoms with Crippen LogP contribution in [0.3, 0.4) is 0 Å². The molecule has 0 bridgehead atoms. The maximum atomic E-state index is 12.2. The number of rotatable bonds is 3. The zero-order chi connectivity index (χ0) is 15.9. The third-order valence-corrected chi connectivity index (χ3v) is 5.34. The Balaban J connectivity index is 0.00000192. The topological polar surface area (TPSA) is 92.1 Å². The normalized spacial score (nSPS) is 17.5. The van der Waals surface area contributed by atoms with E-state index in [9.17, 15) is 9.59 Å². The molecule has 0 aliphatic carbocycles. The fourth-order valence-electron chi connectivity index (χ4n) is 2.81. The van der Waals surface area contributed by atoms with Gasteiger partial charge >= 0.3 is 0 Å². The minimum Gasteiger partial charge on any atom is -0.341 e. The summed E-state index contributed by atoms with van der Waals surface area (Å²) in [5.74, 6) is 0.657. The Morgan fingerprint density at radius 3 is 2.87 bits per heavy atom. The van der Waals surface area contributed by atoms with Gasteiger partial charge in [0.15, 0.2) is 0 Å². The smallest absolute Gasteiger partial charge is 0.259 e. The summed E-state index contributed by atoms with van der Waals surface area (Å²) in [6, 6.07) is 0.0929. The number of H-pyrrole nitrogens is 1. The zero-order valence-corrected chi connectivity index (χ0v) is 14.9. The first-order chi connectivity index (χ1) is 10.5. The number of likely N-dealkylation sites (tertiary alicyclic amines) is 1. The van der Waals surface area contributed by atoms with Gasteiger partial charge in [-0.25, -0.2) is 4.98 Å². The number of carbonyl (C=O) groups excluding carboxylic acids is 1. The summed E-state index contributed by atoms with van der Waals surface area (Å²) < 4.78 is 0. The lowest BCUT2D eigenvalue weighted by Gasteiger charge is -2.15. The van der Waals surface area contributed by atoms with E-state index < -0.39 is 0 Å². The number of hydrogen-bond donors (Lipinski definition) is 2. The van der Waals surface area contributed by atoms with Crippen LogP contribution in [0.1, 0.15) is 29.1 Å². The number of carbonyl (C=O) groups is 1. The van der Waals surface area contributed by atoms with E-state index in [1.54, 1.807) is 4.90 Å². The van der Waals surface area contributed by atoms with Crippen molar-refractivity contribution in [1.29, 1.82) is 0 Å². The SMILES string of the molecule is Cc1sc2nc(CCC(=O)N3CC[C@@H](N)C3)[nH]c(=O)c2c1C.Cl. The molecule has 3 heterocycles. The molecule has 1 amide bonds. The molecule has 2 aromatic rings. The van der Waals surface area contributed by atoms with Crippen molar-refractivity contribution in [3.63, 3.8) is 0 Å². The van der Waals surface area contributed by atoms with Crippen molar-refractivity contribution < 1.29 is 4.79 Å². The monoisotopic (exact) mass is 356 g/mol. The second kappa shape index (κ2) is 6.98. The van der Waals surface area contributed by atoms with E-state index in [0.29, 0.717) is 30.6 Å². The molecule has 0 spiro atoms. The number of aromatic nitrogens is 2. The van der Waals surface area contributed by atoms with E-state index in [1.807, 2.05) is 13.8 Å². The molecule has 3 N–H and O–H groups in total. The lowest BCUT2D eigenvalue weighted by molar-refractivity contribution is -0.130. The molecule has 1 aliphatic rings. The Labute approximate surface area is 144 Å². The first-order valence-electron chi connectivity index (χ1n) is 7.48. The number of fused-ring (bicyclic) bond motifs is 1. The lowest BCUT2D eigenvalue weighted by Crippen LogP contribution is -2.32. The summed E-state index contributed by atoms with van der Waals surface area (Å²) in [4.78, 5) is 35.3. The Morgan fingerprint density at radius 1 is 1.48 bits per heavy atom. The molecule has 1 fully saturated rings. The van der Waals surface area contributed by atoms with Gasteiger partial charge in [-0.2, -0.15) is 0 Å². The summed E-state index contributed by atoms with van der Waals surface area (Å²) in [7, 11) is 0. The average molecular weight is 357 g/mol. The Bertz CT molecular complexity index is 786. The van der Waals surface area contributed by atoms with E-state index in [1.165, 1.54) is 11.3 Å². The highest BCUT2D eigenvalue weighted by molar-refractivity contribution is 7.18. The van der Waals surface area contributed by atoms with Crippen LogP contribution in [0.2, 0.25) is 0 Å². The van der Waals surface area contributed by atoms with E-state index >= 15 is 0 Å². The number of halogens is 1. The minimum atomic E-state index is -0.113. The summed E-state index contributed by atoms with van der Waals surface area (Å²) in [6.45, 7) is 5.28. The predicted molar refractivity (Wildman–Crippen MR) is 94.5 cm³/mol. The molecule has 0 unspecified atom stereocenters. The number of thiophene rings is 1. The van der Waals surface area contributed by atoms with Crippen LogP contribution in [0.5, 0.6) is 0 Å². The van der Waals surface area contributed by atoms with Crippen LogP contribution < -0.4 is 11.3 Å². The van der Waals surface area contributed by atoms with Crippen LogP contribution in [-0.4, -0.2) is 39.9 Å². The van der Waals surface area contributed by atoms with Crippen molar-refractivity contribution in [3.05, 3.63) is 26.6 Å². The van der Waals surface area contributed by atoms with Gasteiger partial charge in [-0.1, -0.05) is 0 Å². The minimum absolute atomic E-state index is 0. The molecule has 1 saturated heterocycles. The molecule has 2 aromatic heterocycles. The second-order valence-corrected chi connectivity index (χ2v) is 7.07. The van der Waals surface area contributed by atoms with Crippen LogP contribution in [-0.2, 0) is 11.2 Å². The quantitative estimate of drug-likeness (QED) is 0.872. The van der Waals surface area contributed by atoms with Crippen LogP contribution >= 0.6 is 23.7 Å². The Hall–Kier alpha value is -1.44. The molecule has 23 heavy (non-hydrogen) atoms. The molecule has 0 radical (unpaired) electrons. The first kappa shape index (κ1) is 17.9. The average Bonchev–Trinajstić information content (AvgIpc) is 3.01. The zero-order valence-electron chi connectivity index (χ0n) is 13.2. The molecule has 6 nitrogen and oxygen atoms in total. The highest BCUT2D eigenvalue weighted by atomic mass is 35.5. The lowest BCUT2D eigenvalue weighted by atomic mass is 10.2. The standard InChI is InChI=1S/C15H20N4O2S.ClH/c1-8-9(2)22-15-13(8)14(21)17-11(18-15)3-4-12(20)19-6-5-10(16)7-19;/h10H,3-7,16H2,1-2H3,(H,17,18,21);1H/t10-;/m1./s1. The van der Waals surface area contributed by atoms with Crippen molar-refractivity contribution in [2.45, 2.75) is 39.2 Å². The number of nitrogens with zero attached hydrogens (tertiary/aromatic N) is 2. The molecular formula is C15H21ClN4O2S. The van der Waals surface area contributed by atoms with Crippen LogP contribution in [0.4, 0.5) is 0 Å². The Kier molecular flexibility index (Phi) is 5.44. The van der Waals surface area contributed by atoms with E-state index in [4.69, 9.17) is 5.73 Å². The number of nitrogens with two attached hydrogens (primary N) is 1. The van der Waals surface area contributed by atoms with Gasteiger partial charge in [0.2, 0.25) is 5.91 Å². The number of nitrogens with one attached hydrogen (secondary N) is 1. The number of aryl methyl sites for hydroxylation is 3. The summed E-state index contributed by atoms with van der Waals surface area (Å²) >= 11 is 1.52. The largest absolute Gasteiger partial charge is 0.341 e. The second-order valence-electron chi connectivity index (χ2n) is 5.86. The molecule has 126 valence electrons. The van der Waals surface area contributed by atoms with Gasteiger partial charge in [-0.3, -0.25) is 9.59 Å². The van der Waals surface area contributed by atoms with Gasteiger partial charge in [0.1, 0.15) is 10.7 Å². The highest BCUT2D eigenvalue weighted by Gasteiger charge is 2.23. The molecule has 3 rings (SSSR count). The van der Waals surface area contributed by atoms with E-state index in [0.717, 1.165) is 28.2 Å². The van der Waals surface area contributed by atoms with Gasteiger partial charge in [0.25, 0.3) is 5.56 Å². The third-order valence-electron chi connectivity index (χ3n) is 4.24.